The Morgan fingerprint density at radius 3 is 3.00 bits per heavy atom. The highest BCUT2D eigenvalue weighted by Crippen LogP contribution is 2.39. The highest BCUT2D eigenvalue weighted by Gasteiger charge is 2.19. The molecular weight excluding hydrogens is 262 g/mol. The Hall–Kier alpha value is -0.130. The van der Waals surface area contributed by atoms with E-state index < -0.39 is 0 Å². The van der Waals surface area contributed by atoms with Crippen molar-refractivity contribution in [3.05, 3.63) is 10.0 Å². The number of aryl methyl sites for hydroxylation is 1. The molecule has 5 heteroatoms. The molecule has 1 aromatic rings. The summed E-state index contributed by atoms with van der Waals surface area (Å²) in [7, 11) is 0. The Labute approximate surface area is 118 Å². The largest absolute Gasteiger partial charge is 0.317 e. The second-order valence-electron chi connectivity index (χ2n) is 4.74. The van der Waals surface area contributed by atoms with Crippen molar-refractivity contribution in [1.82, 2.24) is 15.5 Å². The van der Waals surface area contributed by atoms with Crippen molar-refractivity contribution in [3.8, 4) is 0 Å². The molecule has 0 radical (unpaired) electrons. The predicted octanol–water partition coefficient (Wildman–Crippen LogP) is 3.43. The molecule has 2 heterocycles. The molecule has 3 nitrogen and oxygen atoms in total. The molecule has 0 aromatic carbocycles. The lowest BCUT2D eigenvalue weighted by Gasteiger charge is -2.17. The van der Waals surface area contributed by atoms with Crippen LogP contribution in [0.4, 0.5) is 0 Å². The first-order valence-electron chi connectivity index (χ1n) is 7.04. The molecule has 1 aromatic heterocycles. The van der Waals surface area contributed by atoms with Crippen LogP contribution >= 0.6 is 23.1 Å². The maximum atomic E-state index is 4.38. The Morgan fingerprint density at radius 1 is 1.28 bits per heavy atom. The topological polar surface area (TPSA) is 37.8 Å². The quantitative estimate of drug-likeness (QED) is 0.779. The van der Waals surface area contributed by atoms with Crippen molar-refractivity contribution in [2.75, 3.05) is 18.8 Å². The average molecular weight is 285 g/mol. The Balaban J connectivity index is 1.72. The average Bonchev–Trinajstić information content (AvgIpc) is 2.88. The first-order chi connectivity index (χ1) is 8.90. The summed E-state index contributed by atoms with van der Waals surface area (Å²) in [6.07, 6.45) is 7.47. The molecule has 1 aliphatic rings. The number of aromatic nitrogens is 2. The normalized spacial score (nSPS) is 20.2. The number of hydrogen-bond acceptors (Lipinski definition) is 5. The van der Waals surface area contributed by atoms with Crippen LogP contribution in [0.15, 0.2) is 0 Å². The van der Waals surface area contributed by atoms with Crippen LogP contribution in [-0.2, 0) is 6.42 Å². The molecule has 1 atom stereocenters. The Morgan fingerprint density at radius 2 is 2.22 bits per heavy atom. The van der Waals surface area contributed by atoms with E-state index in [1.165, 1.54) is 47.9 Å². The van der Waals surface area contributed by atoms with Gasteiger partial charge in [0, 0.05) is 6.42 Å². The molecule has 1 unspecified atom stereocenters. The molecule has 0 amide bonds. The predicted molar refractivity (Wildman–Crippen MR) is 80.4 cm³/mol. The molecule has 102 valence electrons. The smallest absolute Gasteiger partial charge is 0.130 e. The lowest BCUT2D eigenvalue weighted by molar-refractivity contribution is 0.637. The molecular formula is C13H23N3S2. The highest BCUT2D eigenvalue weighted by molar-refractivity contribution is 7.99. The summed E-state index contributed by atoms with van der Waals surface area (Å²) in [5, 5.41) is 15.3. The van der Waals surface area contributed by atoms with E-state index in [1.807, 2.05) is 11.3 Å². The number of nitrogens with one attached hydrogen (secondary N) is 1. The van der Waals surface area contributed by atoms with Crippen LogP contribution in [0.25, 0.3) is 0 Å². The van der Waals surface area contributed by atoms with E-state index in [-0.39, 0.29) is 0 Å². The van der Waals surface area contributed by atoms with E-state index in [2.05, 4.69) is 34.2 Å². The summed E-state index contributed by atoms with van der Waals surface area (Å²) < 4.78 is 0. The standard InChI is InChI=1S/C13H23N3S2/c1-2-8-14-9-5-7-12-15-16-13(18-12)11-6-3-4-10-17-11/h11,14H,2-10H2,1H3. The van der Waals surface area contributed by atoms with Gasteiger partial charge < -0.3 is 5.32 Å². The molecule has 0 saturated carbocycles. The third-order valence-corrected chi connectivity index (χ3v) is 5.74. The summed E-state index contributed by atoms with van der Waals surface area (Å²) in [6.45, 7) is 4.42. The van der Waals surface area contributed by atoms with Crippen molar-refractivity contribution >= 4 is 23.1 Å². The van der Waals surface area contributed by atoms with Gasteiger partial charge in [0.1, 0.15) is 10.0 Å². The van der Waals surface area contributed by atoms with Gasteiger partial charge >= 0.3 is 0 Å². The summed E-state index contributed by atoms with van der Waals surface area (Å²) in [5.41, 5.74) is 0. The minimum Gasteiger partial charge on any atom is -0.317 e. The second-order valence-corrected chi connectivity index (χ2v) is 7.15. The summed E-state index contributed by atoms with van der Waals surface area (Å²) in [6, 6.07) is 0. The SMILES string of the molecule is CCCNCCCc1nnc(C2CCCCS2)s1. The van der Waals surface area contributed by atoms with E-state index in [0.717, 1.165) is 19.5 Å². The molecule has 2 rings (SSSR count). The van der Waals surface area contributed by atoms with Crippen LogP contribution in [0.3, 0.4) is 0 Å². The van der Waals surface area contributed by atoms with Gasteiger partial charge in [0.15, 0.2) is 0 Å². The molecule has 0 bridgehead atoms. The summed E-state index contributed by atoms with van der Waals surface area (Å²) >= 11 is 3.89. The van der Waals surface area contributed by atoms with Crippen LogP contribution < -0.4 is 5.32 Å². The zero-order valence-corrected chi connectivity index (χ0v) is 12.8. The monoisotopic (exact) mass is 285 g/mol. The van der Waals surface area contributed by atoms with E-state index in [4.69, 9.17) is 0 Å². The van der Waals surface area contributed by atoms with E-state index >= 15 is 0 Å². The summed E-state index contributed by atoms with van der Waals surface area (Å²) in [4.78, 5) is 0. The van der Waals surface area contributed by atoms with Crippen LogP contribution in [0, 0.1) is 0 Å². The second kappa shape index (κ2) is 8.12. The van der Waals surface area contributed by atoms with Gasteiger partial charge in [0.25, 0.3) is 0 Å². The molecule has 1 saturated heterocycles. The first-order valence-corrected chi connectivity index (χ1v) is 8.91. The Kier molecular flexibility index (Phi) is 6.45. The molecule has 1 N–H and O–H groups in total. The fourth-order valence-corrected chi connectivity index (χ4v) is 4.53. The van der Waals surface area contributed by atoms with Crippen molar-refractivity contribution < 1.29 is 0 Å². The van der Waals surface area contributed by atoms with E-state index in [1.54, 1.807) is 0 Å². The fourth-order valence-electron chi connectivity index (χ4n) is 2.10. The zero-order valence-electron chi connectivity index (χ0n) is 11.2. The van der Waals surface area contributed by atoms with Crippen molar-refractivity contribution in [2.45, 2.75) is 50.7 Å². The van der Waals surface area contributed by atoms with Gasteiger partial charge in [0.05, 0.1) is 5.25 Å². The zero-order chi connectivity index (χ0) is 12.6. The van der Waals surface area contributed by atoms with Gasteiger partial charge in [-0.2, -0.15) is 11.8 Å². The van der Waals surface area contributed by atoms with Gasteiger partial charge in [-0.25, -0.2) is 0 Å². The molecule has 1 fully saturated rings. The third kappa shape index (κ3) is 4.52. The minimum absolute atomic E-state index is 0.628. The van der Waals surface area contributed by atoms with Gasteiger partial charge in [-0.1, -0.05) is 13.3 Å². The Bertz CT molecular complexity index is 335. The first kappa shape index (κ1) is 14.3. The van der Waals surface area contributed by atoms with Gasteiger partial charge in [-0.3, -0.25) is 0 Å². The lowest BCUT2D eigenvalue weighted by atomic mass is 10.2. The van der Waals surface area contributed by atoms with Crippen LogP contribution in [0.1, 0.15) is 54.3 Å². The number of hydrogen-bond donors (Lipinski definition) is 1. The number of rotatable bonds is 7. The highest BCUT2D eigenvalue weighted by atomic mass is 32.2. The molecule has 0 spiro atoms. The van der Waals surface area contributed by atoms with Gasteiger partial charge in [-0.15, -0.1) is 21.5 Å². The van der Waals surface area contributed by atoms with Crippen LogP contribution in [-0.4, -0.2) is 29.0 Å². The van der Waals surface area contributed by atoms with Crippen molar-refractivity contribution in [3.63, 3.8) is 0 Å². The summed E-state index contributed by atoms with van der Waals surface area (Å²) in [5.74, 6) is 1.29. The van der Waals surface area contributed by atoms with Crippen molar-refractivity contribution in [2.24, 2.45) is 0 Å². The third-order valence-electron chi connectivity index (χ3n) is 3.11. The van der Waals surface area contributed by atoms with Crippen LogP contribution in [0.2, 0.25) is 0 Å². The lowest BCUT2D eigenvalue weighted by Crippen LogP contribution is -2.16. The molecule has 18 heavy (non-hydrogen) atoms. The fraction of sp³-hybridized carbons (Fsp3) is 0.846. The molecule has 0 aliphatic carbocycles. The maximum absolute atomic E-state index is 4.38. The maximum Gasteiger partial charge on any atom is 0.130 e. The van der Waals surface area contributed by atoms with Crippen LogP contribution in [0.5, 0.6) is 0 Å². The van der Waals surface area contributed by atoms with E-state index in [0.29, 0.717) is 5.25 Å². The number of thioether (sulfide) groups is 1. The van der Waals surface area contributed by atoms with Crippen molar-refractivity contribution in [1.29, 1.82) is 0 Å². The number of nitrogens with zero attached hydrogens (tertiary/aromatic N) is 2. The molecule has 1 aliphatic heterocycles. The minimum atomic E-state index is 0.628. The van der Waals surface area contributed by atoms with Gasteiger partial charge in [0.2, 0.25) is 0 Å². The van der Waals surface area contributed by atoms with E-state index in [9.17, 15) is 0 Å². The van der Waals surface area contributed by atoms with Gasteiger partial charge in [-0.05, 0) is 44.5 Å².